The van der Waals surface area contributed by atoms with E-state index in [4.69, 9.17) is 9.47 Å². The average Bonchev–Trinajstić information content (AvgIpc) is 3.23. The van der Waals surface area contributed by atoms with Crippen molar-refractivity contribution in [1.29, 1.82) is 0 Å². The van der Waals surface area contributed by atoms with Crippen molar-refractivity contribution in [3.05, 3.63) is 84.7 Å². The van der Waals surface area contributed by atoms with Crippen molar-refractivity contribution >= 4 is 11.6 Å². The molecule has 4 aromatic rings. The third-order valence-electron chi connectivity index (χ3n) is 4.45. The molecule has 1 aromatic heterocycles. The Kier molecular flexibility index (Phi) is 6.41. The smallest absolute Gasteiger partial charge is 0.336 e. The molecule has 32 heavy (non-hydrogen) atoms. The first-order valence-electron chi connectivity index (χ1n) is 10.1. The van der Waals surface area contributed by atoms with Crippen LogP contribution in [0.15, 0.2) is 78.9 Å². The molecule has 0 bridgehead atoms. The maximum absolute atomic E-state index is 13.7. The summed E-state index contributed by atoms with van der Waals surface area (Å²) in [5.74, 6) is 0.424. The lowest BCUT2D eigenvalue weighted by Gasteiger charge is -2.09. The summed E-state index contributed by atoms with van der Waals surface area (Å²) in [6.45, 7) is 2.14. The summed E-state index contributed by atoms with van der Waals surface area (Å²) in [5.41, 5.74) is 1.85. The Balaban J connectivity index is 1.50. The Labute approximate surface area is 184 Å². The zero-order chi connectivity index (χ0) is 22.3. The predicted octanol–water partition coefficient (Wildman–Crippen LogP) is 4.49. The fourth-order valence-corrected chi connectivity index (χ4v) is 3.03. The molecule has 0 radical (unpaired) electrons. The van der Waals surface area contributed by atoms with Gasteiger partial charge in [0.25, 0.3) is 5.91 Å². The number of benzene rings is 3. The molecule has 7 nitrogen and oxygen atoms in total. The van der Waals surface area contributed by atoms with Crippen LogP contribution in [0.5, 0.6) is 11.8 Å². The van der Waals surface area contributed by atoms with E-state index in [1.165, 1.54) is 12.1 Å². The Morgan fingerprint density at radius 2 is 1.78 bits per heavy atom. The molecule has 0 spiro atoms. The molecule has 1 heterocycles. The normalized spacial score (nSPS) is 10.6. The summed E-state index contributed by atoms with van der Waals surface area (Å²) in [6.07, 6.45) is 0. The van der Waals surface area contributed by atoms with Crippen molar-refractivity contribution < 1.29 is 18.7 Å². The highest BCUT2D eigenvalue weighted by Crippen LogP contribution is 2.25. The van der Waals surface area contributed by atoms with Crippen LogP contribution in [0.2, 0.25) is 0 Å². The largest absolute Gasteiger partial charge is 0.484 e. The first-order chi connectivity index (χ1) is 15.6. The van der Waals surface area contributed by atoms with Crippen LogP contribution in [0.25, 0.3) is 17.1 Å². The molecule has 3 aromatic carbocycles. The number of para-hydroxylation sites is 1. The van der Waals surface area contributed by atoms with Crippen molar-refractivity contribution in [2.75, 3.05) is 18.5 Å². The highest BCUT2D eigenvalue weighted by molar-refractivity contribution is 5.91. The van der Waals surface area contributed by atoms with E-state index < -0.39 is 0 Å². The van der Waals surface area contributed by atoms with Gasteiger partial charge in [-0.25, -0.2) is 9.07 Å². The maximum Gasteiger partial charge on any atom is 0.336 e. The number of nitrogens with one attached hydrogen (secondary N) is 1. The van der Waals surface area contributed by atoms with Gasteiger partial charge in [-0.3, -0.25) is 4.79 Å². The quantitative estimate of drug-likeness (QED) is 0.444. The van der Waals surface area contributed by atoms with Gasteiger partial charge in [0.2, 0.25) is 0 Å². The van der Waals surface area contributed by atoms with Crippen molar-refractivity contribution in [2.24, 2.45) is 0 Å². The van der Waals surface area contributed by atoms with E-state index in [2.05, 4.69) is 15.4 Å². The third kappa shape index (κ3) is 5.10. The summed E-state index contributed by atoms with van der Waals surface area (Å²) in [4.78, 5) is 16.6. The lowest BCUT2D eigenvalue weighted by atomic mass is 10.2. The second kappa shape index (κ2) is 9.74. The summed E-state index contributed by atoms with van der Waals surface area (Å²) >= 11 is 0. The topological polar surface area (TPSA) is 78.3 Å². The number of carbonyl (C=O) groups excluding carboxylic acids is 1. The summed E-state index contributed by atoms with van der Waals surface area (Å²) in [6, 6.07) is 22.5. The molecule has 0 aliphatic heterocycles. The minimum Gasteiger partial charge on any atom is -0.484 e. The lowest BCUT2D eigenvalue weighted by Crippen LogP contribution is -2.20. The minimum absolute atomic E-state index is 0.101. The molecule has 8 heteroatoms. The molecule has 0 saturated heterocycles. The van der Waals surface area contributed by atoms with E-state index in [0.717, 1.165) is 0 Å². The monoisotopic (exact) mass is 432 g/mol. The van der Waals surface area contributed by atoms with Gasteiger partial charge < -0.3 is 14.8 Å². The second-order valence-corrected chi connectivity index (χ2v) is 6.77. The van der Waals surface area contributed by atoms with Crippen molar-refractivity contribution in [3.63, 3.8) is 0 Å². The molecule has 0 fully saturated rings. The molecule has 0 saturated carbocycles. The van der Waals surface area contributed by atoms with Gasteiger partial charge in [-0.2, -0.15) is 4.98 Å². The van der Waals surface area contributed by atoms with Crippen molar-refractivity contribution in [3.8, 4) is 28.8 Å². The summed E-state index contributed by atoms with van der Waals surface area (Å²) < 4.78 is 26.2. The number of rotatable bonds is 8. The summed E-state index contributed by atoms with van der Waals surface area (Å²) in [5, 5.41) is 7.17. The number of anilines is 1. The molecule has 0 atom stereocenters. The van der Waals surface area contributed by atoms with E-state index in [1.807, 2.05) is 25.1 Å². The number of hydrogen-bond acceptors (Lipinski definition) is 5. The van der Waals surface area contributed by atoms with Crippen molar-refractivity contribution in [1.82, 2.24) is 14.8 Å². The molecular formula is C24H21FN4O3. The number of amides is 1. The molecular weight excluding hydrogens is 411 g/mol. The van der Waals surface area contributed by atoms with E-state index in [1.54, 1.807) is 53.2 Å². The molecule has 1 amide bonds. The Morgan fingerprint density at radius 1 is 1.00 bits per heavy atom. The Morgan fingerprint density at radius 3 is 2.50 bits per heavy atom. The van der Waals surface area contributed by atoms with E-state index >= 15 is 0 Å². The number of carbonyl (C=O) groups is 1. The number of nitrogens with zero attached hydrogens (tertiary/aromatic N) is 3. The van der Waals surface area contributed by atoms with Crippen LogP contribution in [0.3, 0.4) is 0 Å². The van der Waals surface area contributed by atoms with Gasteiger partial charge in [0.15, 0.2) is 12.4 Å². The highest BCUT2D eigenvalue weighted by atomic mass is 19.1. The number of aromatic nitrogens is 3. The van der Waals surface area contributed by atoms with Crippen LogP contribution in [0.1, 0.15) is 6.92 Å². The van der Waals surface area contributed by atoms with Gasteiger partial charge in [0.05, 0.1) is 12.3 Å². The standard InChI is InChI=1S/C24H21FN4O3/c1-2-31-24-27-23(17-7-6-8-18(25)15-17)29(28-24)20-13-11-19(12-14-20)26-22(30)16-32-21-9-4-3-5-10-21/h3-15H,2,16H2,1H3,(H,26,30). The Hall–Kier alpha value is -4.20. The van der Waals surface area contributed by atoms with E-state index in [0.29, 0.717) is 35.1 Å². The van der Waals surface area contributed by atoms with Crippen LogP contribution in [-0.2, 0) is 4.79 Å². The van der Waals surface area contributed by atoms with Gasteiger partial charge in [-0.1, -0.05) is 30.3 Å². The average molecular weight is 432 g/mol. The van der Waals surface area contributed by atoms with Gasteiger partial charge >= 0.3 is 6.01 Å². The van der Waals surface area contributed by atoms with E-state index in [-0.39, 0.29) is 24.3 Å². The Bertz CT molecular complexity index is 1190. The minimum atomic E-state index is -0.370. The SMILES string of the molecule is CCOc1nc(-c2cccc(F)c2)n(-c2ccc(NC(=O)COc3ccccc3)cc2)n1. The zero-order valence-corrected chi connectivity index (χ0v) is 17.4. The van der Waals surface area contributed by atoms with Gasteiger partial charge in [-0.05, 0) is 55.5 Å². The van der Waals surface area contributed by atoms with Crippen LogP contribution in [-0.4, -0.2) is 33.9 Å². The molecule has 0 aliphatic carbocycles. The number of ether oxygens (including phenoxy) is 2. The zero-order valence-electron chi connectivity index (χ0n) is 17.4. The molecule has 162 valence electrons. The summed E-state index contributed by atoms with van der Waals surface area (Å²) in [7, 11) is 0. The fourth-order valence-electron chi connectivity index (χ4n) is 3.03. The van der Waals surface area contributed by atoms with Crippen LogP contribution >= 0.6 is 0 Å². The molecule has 0 aliphatic rings. The molecule has 1 N–H and O–H groups in total. The predicted molar refractivity (Wildman–Crippen MR) is 118 cm³/mol. The number of halogens is 1. The second-order valence-electron chi connectivity index (χ2n) is 6.77. The fraction of sp³-hybridized carbons (Fsp3) is 0.125. The van der Waals surface area contributed by atoms with Gasteiger partial charge in [0, 0.05) is 11.3 Å². The van der Waals surface area contributed by atoms with Gasteiger partial charge in [-0.15, -0.1) is 5.10 Å². The first kappa shape index (κ1) is 21.0. The van der Waals surface area contributed by atoms with Crippen LogP contribution in [0.4, 0.5) is 10.1 Å². The van der Waals surface area contributed by atoms with Crippen LogP contribution < -0.4 is 14.8 Å². The molecule has 0 unspecified atom stereocenters. The maximum atomic E-state index is 13.7. The van der Waals surface area contributed by atoms with Gasteiger partial charge in [0.1, 0.15) is 11.6 Å². The van der Waals surface area contributed by atoms with E-state index in [9.17, 15) is 9.18 Å². The third-order valence-corrected chi connectivity index (χ3v) is 4.45. The number of hydrogen-bond donors (Lipinski definition) is 1. The van der Waals surface area contributed by atoms with Crippen LogP contribution in [0, 0.1) is 5.82 Å². The molecule has 4 rings (SSSR count). The van der Waals surface area contributed by atoms with Crippen molar-refractivity contribution in [2.45, 2.75) is 6.92 Å². The first-order valence-corrected chi connectivity index (χ1v) is 10.1. The lowest BCUT2D eigenvalue weighted by molar-refractivity contribution is -0.118. The highest BCUT2D eigenvalue weighted by Gasteiger charge is 2.15.